The maximum atomic E-state index is 12.9. The van der Waals surface area contributed by atoms with Gasteiger partial charge in [0.2, 0.25) is 11.8 Å². The molecule has 4 N–H and O–H groups in total. The number of nitrogens with zero attached hydrogens (tertiary/aromatic N) is 1. The minimum absolute atomic E-state index is 0.0405. The molecule has 0 unspecified atom stereocenters. The van der Waals surface area contributed by atoms with Crippen molar-refractivity contribution in [3.05, 3.63) is 60.4 Å². The fourth-order valence-corrected chi connectivity index (χ4v) is 3.67. The standard InChI is InChI=1S/C22H28N4O2/c23-15-17-6-8-18(9-7-17)21(27)26-20(14-16-4-2-1-3-5-16)22(28)25-19-10-12-24-13-11-19/h1-5,10-13,17-18,20H,6-9,14-15,23H2,(H,26,27)(H,24,25,28)/t17?,18?,20-/m0/s1. The Balaban J connectivity index is 1.67. The Labute approximate surface area is 165 Å². The molecule has 3 rings (SSSR count). The first-order chi connectivity index (χ1) is 13.7. The number of amides is 2. The second-order valence-electron chi connectivity index (χ2n) is 7.43. The van der Waals surface area contributed by atoms with Gasteiger partial charge in [-0.1, -0.05) is 30.3 Å². The lowest BCUT2D eigenvalue weighted by molar-refractivity contribution is -0.130. The number of carbonyl (C=O) groups is 2. The van der Waals surface area contributed by atoms with Gasteiger partial charge < -0.3 is 16.4 Å². The number of anilines is 1. The first-order valence-corrected chi connectivity index (χ1v) is 9.91. The summed E-state index contributed by atoms with van der Waals surface area (Å²) < 4.78 is 0. The van der Waals surface area contributed by atoms with Gasteiger partial charge in [0.25, 0.3) is 0 Å². The topological polar surface area (TPSA) is 97.1 Å². The van der Waals surface area contributed by atoms with Gasteiger partial charge in [-0.25, -0.2) is 0 Å². The number of hydrogen-bond acceptors (Lipinski definition) is 4. The van der Waals surface area contributed by atoms with Crippen molar-refractivity contribution in [3.8, 4) is 0 Å². The van der Waals surface area contributed by atoms with E-state index < -0.39 is 6.04 Å². The van der Waals surface area contributed by atoms with Gasteiger partial charge in [0.1, 0.15) is 6.04 Å². The highest BCUT2D eigenvalue weighted by Gasteiger charge is 2.29. The molecule has 1 aromatic heterocycles. The molecule has 1 aromatic carbocycles. The Morgan fingerprint density at radius 2 is 1.71 bits per heavy atom. The van der Waals surface area contributed by atoms with Gasteiger partial charge in [0.15, 0.2) is 0 Å². The second-order valence-corrected chi connectivity index (χ2v) is 7.43. The summed E-state index contributed by atoms with van der Waals surface area (Å²) in [7, 11) is 0. The van der Waals surface area contributed by atoms with Crippen LogP contribution in [0.2, 0.25) is 0 Å². The number of benzene rings is 1. The summed E-state index contributed by atoms with van der Waals surface area (Å²) in [6.45, 7) is 0.680. The van der Waals surface area contributed by atoms with Crippen molar-refractivity contribution in [2.45, 2.75) is 38.1 Å². The zero-order valence-corrected chi connectivity index (χ0v) is 16.0. The van der Waals surface area contributed by atoms with Crippen LogP contribution in [0.4, 0.5) is 5.69 Å². The average molecular weight is 380 g/mol. The fourth-order valence-electron chi connectivity index (χ4n) is 3.67. The van der Waals surface area contributed by atoms with E-state index in [0.717, 1.165) is 31.2 Å². The first-order valence-electron chi connectivity index (χ1n) is 9.91. The van der Waals surface area contributed by atoms with Gasteiger partial charge in [-0.05, 0) is 55.8 Å². The van der Waals surface area contributed by atoms with Crippen molar-refractivity contribution in [2.75, 3.05) is 11.9 Å². The third-order valence-corrected chi connectivity index (χ3v) is 5.41. The van der Waals surface area contributed by atoms with Crippen LogP contribution in [-0.4, -0.2) is 29.4 Å². The number of carbonyl (C=O) groups excluding carboxylic acids is 2. The molecule has 2 aromatic rings. The molecule has 6 heteroatoms. The molecule has 0 aliphatic heterocycles. The Morgan fingerprint density at radius 3 is 2.36 bits per heavy atom. The highest BCUT2D eigenvalue weighted by atomic mass is 16.2. The molecule has 0 bridgehead atoms. The minimum atomic E-state index is -0.629. The largest absolute Gasteiger partial charge is 0.344 e. The number of nitrogens with two attached hydrogens (primary N) is 1. The van der Waals surface area contributed by atoms with Gasteiger partial charge in [-0.3, -0.25) is 14.6 Å². The average Bonchev–Trinajstić information content (AvgIpc) is 2.74. The lowest BCUT2D eigenvalue weighted by atomic mass is 9.81. The monoisotopic (exact) mass is 380 g/mol. The number of nitrogens with one attached hydrogen (secondary N) is 2. The van der Waals surface area contributed by atoms with Crippen LogP contribution in [0.15, 0.2) is 54.9 Å². The predicted octanol–water partition coefficient (Wildman–Crippen LogP) is 2.51. The van der Waals surface area contributed by atoms with E-state index in [1.807, 2.05) is 30.3 Å². The minimum Gasteiger partial charge on any atom is -0.344 e. The van der Waals surface area contributed by atoms with Gasteiger partial charge in [-0.2, -0.15) is 0 Å². The molecule has 1 atom stereocenters. The summed E-state index contributed by atoms with van der Waals surface area (Å²) in [6, 6.07) is 12.6. The highest BCUT2D eigenvalue weighted by Crippen LogP contribution is 2.28. The summed E-state index contributed by atoms with van der Waals surface area (Å²) in [4.78, 5) is 29.6. The van der Waals surface area contributed by atoms with Crippen LogP contribution in [0.3, 0.4) is 0 Å². The molecule has 2 amide bonds. The first kappa shape index (κ1) is 20.0. The zero-order valence-electron chi connectivity index (χ0n) is 16.0. The van der Waals surface area contributed by atoms with Crippen molar-refractivity contribution in [1.82, 2.24) is 10.3 Å². The van der Waals surface area contributed by atoms with Crippen molar-refractivity contribution < 1.29 is 9.59 Å². The molecule has 1 saturated carbocycles. The SMILES string of the molecule is NCC1CCC(C(=O)N[C@@H](Cc2ccccc2)C(=O)Nc2ccncc2)CC1. The van der Waals surface area contributed by atoms with Crippen molar-refractivity contribution in [3.63, 3.8) is 0 Å². The van der Waals surface area contributed by atoms with E-state index in [-0.39, 0.29) is 17.7 Å². The molecule has 0 saturated heterocycles. The number of pyridine rings is 1. The van der Waals surface area contributed by atoms with Crippen LogP contribution in [-0.2, 0) is 16.0 Å². The molecule has 1 aliphatic carbocycles. The Hall–Kier alpha value is -2.73. The Bertz CT molecular complexity index is 759. The summed E-state index contributed by atoms with van der Waals surface area (Å²) in [5.41, 5.74) is 7.41. The second kappa shape index (κ2) is 9.99. The molecule has 1 fully saturated rings. The van der Waals surface area contributed by atoms with Crippen LogP contribution < -0.4 is 16.4 Å². The van der Waals surface area contributed by atoms with E-state index in [4.69, 9.17) is 5.73 Å². The quantitative estimate of drug-likeness (QED) is 0.687. The maximum Gasteiger partial charge on any atom is 0.247 e. The molecule has 1 heterocycles. The van der Waals surface area contributed by atoms with E-state index in [1.54, 1.807) is 24.5 Å². The zero-order chi connectivity index (χ0) is 19.8. The smallest absolute Gasteiger partial charge is 0.247 e. The summed E-state index contributed by atoms with van der Waals surface area (Å²) in [6.07, 6.45) is 7.30. The van der Waals surface area contributed by atoms with E-state index in [0.29, 0.717) is 24.6 Å². The fraction of sp³-hybridized carbons (Fsp3) is 0.409. The Kier molecular flexibility index (Phi) is 7.14. The summed E-state index contributed by atoms with van der Waals surface area (Å²) in [5.74, 6) is 0.203. The van der Waals surface area contributed by atoms with E-state index in [1.165, 1.54) is 0 Å². The van der Waals surface area contributed by atoms with E-state index in [9.17, 15) is 9.59 Å². The molecular weight excluding hydrogens is 352 g/mol. The number of hydrogen-bond donors (Lipinski definition) is 3. The van der Waals surface area contributed by atoms with Crippen LogP contribution in [0.5, 0.6) is 0 Å². The van der Waals surface area contributed by atoms with E-state index >= 15 is 0 Å². The van der Waals surface area contributed by atoms with Gasteiger partial charge in [-0.15, -0.1) is 0 Å². The summed E-state index contributed by atoms with van der Waals surface area (Å²) in [5, 5.41) is 5.87. The lowest BCUT2D eigenvalue weighted by Crippen LogP contribution is -2.48. The molecular formula is C22H28N4O2. The van der Waals surface area contributed by atoms with Crippen molar-refractivity contribution >= 4 is 17.5 Å². The van der Waals surface area contributed by atoms with Gasteiger partial charge in [0, 0.05) is 30.4 Å². The molecule has 0 spiro atoms. The van der Waals surface area contributed by atoms with Crippen molar-refractivity contribution in [1.29, 1.82) is 0 Å². The molecule has 28 heavy (non-hydrogen) atoms. The van der Waals surface area contributed by atoms with Crippen LogP contribution >= 0.6 is 0 Å². The van der Waals surface area contributed by atoms with Gasteiger partial charge in [0.05, 0.1) is 0 Å². The third kappa shape index (κ3) is 5.63. The van der Waals surface area contributed by atoms with Crippen LogP contribution in [0.1, 0.15) is 31.2 Å². The summed E-state index contributed by atoms with van der Waals surface area (Å²) >= 11 is 0. The molecule has 148 valence electrons. The Morgan fingerprint density at radius 1 is 1.04 bits per heavy atom. The lowest BCUT2D eigenvalue weighted by Gasteiger charge is -2.28. The molecule has 6 nitrogen and oxygen atoms in total. The normalized spacial score (nSPS) is 20.2. The molecule has 1 aliphatic rings. The van der Waals surface area contributed by atoms with Crippen molar-refractivity contribution in [2.24, 2.45) is 17.6 Å². The van der Waals surface area contributed by atoms with Gasteiger partial charge >= 0.3 is 0 Å². The van der Waals surface area contributed by atoms with E-state index in [2.05, 4.69) is 15.6 Å². The highest BCUT2D eigenvalue weighted by molar-refractivity contribution is 5.97. The third-order valence-electron chi connectivity index (χ3n) is 5.41. The van der Waals surface area contributed by atoms with Crippen LogP contribution in [0.25, 0.3) is 0 Å². The maximum absolute atomic E-state index is 12.9. The number of aromatic nitrogens is 1. The van der Waals surface area contributed by atoms with Crippen LogP contribution in [0, 0.1) is 11.8 Å². The number of rotatable bonds is 7. The molecule has 0 radical (unpaired) electrons. The predicted molar refractivity (Wildman–Crippen MR) is 109 cm³/mol.